The van der Waals surface area contributed by atoms with Gasteiger partial charge in [-0.1, -0.05) is 0 Å². The highest BCUT2D eigenvalue weighted by Gasteiger charge is 2.20. The van der Waals surface area contributed by atoms with Gasteiger partial charge in [-0.15, -0.1) is 0 Å². The van der Waals surface area contributed by atoms with Gasteiger partial charge in [0.05, 0.1) is 14.2 Å². The van der Waals surface area contributed by atoms with Crippen LogP contribution in [0.15, 0.2) is 48.7 Å². The molecule has 3 aromatic rings. The Hall–Kier alpha value is -3.72. The molecular formula is C25H31N5O4. The van der Waals surface area contributed by atoms with Gasteiger partial charge in [-0.05, 0) is 55.1 Å². The average Bonchev–Trinajstić information content (AvgIpc) is 3.20. The topological polar surface area (TPSA) is 88.1 Å². The predicted molar refractivity (Wildman–Crippen MR) is 131 cm³/mol. The highest BCUT2D eigenvalue weighted by atomic mass is 16.5. The van der Waals surface area contributed by atoms with E-state index in [1.807, 2.05) is 33.9 Å². The molecule has 180 valence electrons. The summed E-state index contributed by atoms with van der Waals surface area (Å²) in [6.07, 6.45) is 1.94. The van der Waals surface area contributed by atoms with Crippen molar-refractivity contribution < 1.29 is 19.1 Å². The Morgan fingerprint density at radius 1 is 0.941 bits per heavy atom. The molecule has 2 heterocycles. The zero-order valence-electron chi connectivity index (χ0n) is 19.8. The fraction of sp³-hybridized carbons (Fsp3) is 0.360. The van der Waals surface area contributed by atoms with Crippen molar-refractivity contribution in [1.82, 2.24) is 19.7 Å². The van der Waals surface area contributed by atoms with E-state index in [0.717, 1.165) is 54.1 Å². The molecule has 0 aliphatic carbocycles. The first-order valence-corrected chi connectivity index (χ1v) is 11.3. The van der Waals surface area contributed by atoms with Crippen molar-refractivity contribution in [3.05, 3.63) is 54.2 Å². The van der Waals surface area contributed by atoms with Crippen molar-refractivity contribution in [3.63, 3.8) is 0 Å². The minimum atomic E-state index is -0.317. The maximum absolute atomic E-state index is 12.9. The minimum Gasteiger partial charge on any atom is -0.497 e. The Morgan fingerprint density at radius 2 is 1.62 bits per heavy atom. The summed E-state index contributed by atoms with van der Waals surface area (Å²) in [5.74, 6) is 1.54. The molecule has 1 aromatic heterocycles. The quantitative estimate of drug-likeness (QED) is 0.560. The van der Waals surface area contributed by atoms with Gasteiger partial charge in [-0.25, -0.2) is 4.79 Å². The second-order valence-electron chi connectivity index (χ2n) is 8.39. The van der Waals surface area contributed by atoms with Crippen LogP contribution in [0.3, 0.4) is 0 Å². The maximum Gasteiger partial charge on any atom is 0.319 e. The lowest BCUT2D eigenvalue weighted by atomic mass is 10.1. The number of fused-ring (bicyclic) bond motifs is 1. The molecule has 0 bridgehead atoms. The molecule has 1 fully saturated rings. The number of nitrogens with one attached hydrogen (secondary N) is 2. The van der Waals surface area contributed by atoms with E-state index in [4.69, 9.17) is 9.47 Å². The normalized spacial score (nSPS) is 14.1. The molecule has 9 nitrogen and oxygen atoms in total. The van der Waals surface area contributed by atoms with Crippen LogP contribution in [-0.4, -0.2) is 73.8 Å². The summed E-state index contributed by atoms with van der Waals surface area (Å²) in [6.45, 7) is 3.80. The molecule has 4 rings (SSSR count). The largest absolute Gasteiger partial charge is 0.497 e. The van der Waals surface area contributed by atoms with E-state index in [1.165, 1.54) is 0 Å². The van der Waals surface area contributed by atoms with Crippen LogP contribution in [0, 0.1) is 0 Å². The van der Waals surface area contributed by atoms with E-state index in [9.17, 15) is 9.59 Å². The van der Waals surface area contributed by atoms with Crippen LogP contribution in [0.5, 0.6) is 11.5 Å². The Morgan fingerprint density at radius 3 is 2.29 bits per heavy atom. The Kier molecular flexibility index (Phi) is 7.22. The van der Waals surface area contributed by atoms with Crippen LogP contribution < -0.4 is 20.1 Å². The smallest absolute Gasteiger partial charge is 0.319 e. The lowest BCUT2D eigenvalue weighted by Gasteiger charge is -2.32. The van der Waals surface area contributed by atoms with Gasteiger partial charge in [-0.3, -0.25) is 4.79 Å². The summed E-state index contributed by atoms with van der Waals surface area (Å²) < 4.78 is 12.5. The number of carbonyl (C=O) groups excluding carboxylic acids is 2. The summed E-state index contributed by atoms with van der Waals surface area (Å²) >= 11 is 0. The number of ether oxygens (including phenoxy) is 2. The summed E-state index contributed by atoms with van der Waals surface area (Å²) in [5, 5.41) is 6.66. The van der Waals surface area contributed by atoms with Gasteiger partial charge < -0.3 is 34.5 Å². The Bertz CT molecular complexity index is 1150. The van der Waals surface area contributed by atoms with Gasteiger partial charge in [0.1, 0.15) is 18.0 Å². The van der Waals surface area contributed by atoms with Crippen LogP contribution in [0.25, 0.3) is 10.9 Å². The van der Waals surface area contributed by atoms with E-state index in [2.05, 4.69) is 22.6 Å². The maximum atomic E-state index is 12.9. The molecule has 1 aliphatic heterocycles. The van der Waals surface area contributed by atoms with Crippen LogP contribution >= 0.6 is 0 Å². The number of hydrogen-bond donors (Lipinski definition) is 2. The zero-order chi connectivity index (χ0) is 24.1. The molecule has 0 radical (unpaired) electrons. The van der Waals surface area contributed by atoms with Crippen molar-refractivity contribution in [2.24, 2.45) is 0 Å². The zero-order valence-corrected chi connectivity index (χ0v) is 19.8. The number of aromatic nitrogens is 1. The second kappa shape index (κ2) is 10.5. The lowest BCUT2D eigenvalue weighted by molar-refractivity contribution is -0.133. The number of nitrogens with zero attached hydrogens (tertiary/aromatic N) is 3. The van der Waals surface area contributed by atoms with Gasteiger partial charge in [0.15, 0.2) is 0 Å². The summed E-state index contributed by atoms with van der Waals surface area (Å²) in [5.41, 5.74) is 2.50. The number of likely N-dealkylation sites (N-methyl/N-ethyl adjacent to an activating group) is 1. The molecule has 9 heteroatoms. The van der Waals surface area contributed by atoms with Crippen molar-refractivity contribution in [2.45, 2.75) is 13.1 Å². The van der Waals surface area contributed by atoms with Gasteiger partial charge in [0.2, 0.25) is 5.91 Å². The molecule has 3 amide bonds. The first-order chi connectivity index (χ1) is 16.5. The molecule has 0 atom stereocenters. The number of hydrogen-bond acceptors (Lipinski definition) is 5. The van der Waals surface area contributed by atoms with E-state index < -0.39 is 0 Å². The Labute approximate surface area is 199 Å². The van der Waals surface area contributed by atoms with Crippen LogP contribution in [0.2, 0.25) is 0 Å². The first-order valence-electron chi connectivity index (χ1n) is 11.3. The number of rotatable bonds is 7. The fourth-order valence-electron chi connectivity index (χ4n) is 4.08. The van der Waals surface area contributed by atoms with Crippen molar-refractivity contribution in [2.75, 3.05) is 52.8 Å². The van der Waals surface area contributed by atoms with Crippen LogP contribution in [0.1, 0.15) is 5.56 Å². The summed E-state index contributed by atoms with van der Waals surface area (Å²) in [6, 6.07) is 12.6. The third-order valence-corrected chi connectivity index (χ3v) is 6.12. The van der Waals surface area contributed by atoms with Crippen LogP contribution in [-0.2, 0) is 17.9 Å². The van der Waals surface area contributed by atoms with E-state index in [-0.39, 0.29) is 18.5 Å². The molecule has 34 heavy (non-hydrogen) atoms. The van der Waals surface area contributed by atoms with E-state index in [1.54, 1.807) is 38.5 Å². The second-order valence-corrected chi connectivity index (χ2v) is 8.39. The number of carbonyl (C=O) groups is 2. The fourth-order valence-corrected chi connectivity index (χ4v) is 4.08. The first kappa shape index (κ1) is 23.4. The van der Waals surface area contributed by atoms with Crippen molar-refractivity contribution in [3.8, 4) is 11.5 Å². The highest BCUT2D eigenvalue weighted by molar-refractivity contribution is 5.91. The summed E-state index contributed by atoms with van der Waals surface area (Å²) in [7, 11) is 5.29. The third-order valence-electron chi connectivity index (χ3n) is 6.12. The van der Waals surface area contributed by atoms with Gasteiger partial charge >= 0.3 is 6.03 Å². The number of piperazine rings is 1. The Balaban J connectivity index is 1.47. The molecule has 2 aromatic carbocycles. The molecular weight excluding hydrogens is 434 g/mol. The highest BCUT2D eigenvalue weighted by Crippen LogP contribution is 2.26. The van der Waals surface area contributed by atoms with Crippen molar-refractivity contribution in [1.29, 1.82) is 0 Å². The van der Waals surface area contributed by atoms with Gasteiger partial charge in [0, 0.05) is 55.5 Å². The minimum absolute atomic E-state index is 0.0950. The number of anilines is 1. The number of methoxy groups -OCH3 is 2. The standard InChI is InChI=1S/C25H31N5O4/c1-28-10-12-29(13-11-28)24(31)17-30-16-18(22-14-21(34-3)8-9-23(22)30)15-26-25(32)27-19-4-6-20(33-2)7-5-19/h4-9,14,16H,10-13,15,17H2,1-3H3,(H2,26,27,32). The number of amides is 3. The molecule has 1 saturated heterocycles. The van der Waals surface area contributed by atoms with E-state index in [0.29, 0.717) is 12.2 Å². The molecule has 0 spiro atoms. The van der Waals surface area contributed by atoms with Crippen molar-refractivity contribution >= 4 is 28.5 Å². The summed E-state index contributed by atoms with van der Waals surface area (Å²) in [4.78, 5) is 29.5. The van der Waals surface area contributed by atoms with Gasteiger partial charge in [-0.2, -0.15) is 0 Å². The number of urea groups is 1. The SMILES string of the molecule is COc1ccc(NC(=O)NCc2cn(CC(=O)N3CCN(C)CC3)c3ccc(OC)cc23)cc1. The molecule has 1 aliphatic rings. The number of benzene rings is 2. The van der Waals surface area contributed by atoms with Crippen LogP contribution in [0.4, 0.5) is 10.5 Å². The predicted octanol–water partition coefficient (Wildman–Crippen LogP) is 2.75. The molecule has 2 N–H and O–H groups in total. The monoisotopic (exact) mass is 465 g/mol. The third kappa shape index (κ3) is 5.43. The molecule has 0 saturated carbocycles. The lowest BCUT2D eigenvalue weighted by Crippen LogP contribution is -2.48. The van der Waals surface area contributed by atoms with E-state index >= 15 is 0 Å². The van der Waals surface area contributed by atoms with Gasteiger partial charge in [0.25, 0.3) is 0 Å². The average molecular weight is 466 g/mol. The molecule has 0 unspecified atom stereocenters.